The number of aromatic amines is 1. The van der Waals surface area contributed by atoms with Crippen LogP contribution >= 0.6 is 15.9 Å². The normalized spacial score (nSPS) is 12.1. The Hall–Kier alpha value is -1.62. The highest BCUT2D eigenvalue weighted by atomic mass is 79.9. The van der Waals surface area contributed by atoms with Crippen LogP contribution in [-0.2, 0) is 12.8 Å². The summed E-state index contributed by atoms with van der Waals surface area (Å²) < 4.78 is 1.06. The first-order chi connectivity index (χ1) is 10.1. The van der Waals surface area contributed by atoms with E-state index in [0.717, 1.165) is 29.4 Å². The van der Waals surface area contributed by atoms with Crippen LogP contribution in [0.2, 0.25) is 0 Å². The van der Waals surface area contributed by atoms with Crippen molar-refractivity contribution in [1.82, 2.24) is 15.5 Å². The number of carbonyl (C=O) groups is 1. The van der Waals surface area contributed by atoms with Gasteiger partial charge in [0.15, 0.2) is 0 Å². The van der Waals surface area contributed by atoms with E-state index in [-0.39, 0.29) is 11.9 Å². The summed E-state index contributed by atoms with van der Waals surface area (Å²) in [6.45, 7) is 4.10. The average molecular weight is 350 g/mol. The predicted octanol–water partition coefficient (Wildman–Crippen LogP) is 3.49. The van der Waals surface area contributed by atoms with E-state index >= 15 is 0 Å². The molecule has 0 radical (unpaired) electrons. The van der Waals surface area contributed by atoms with Gasteiger partial charge in [0.1, 0.15) is 5.69 Å². The van der Waals surface area contributed by atoms with E-state index in [9.17, 15) is 4.79 Å². The highest BCUT2D eigenvalue weighted by Gasteiger charge is 2.13. The summed E-state index contributed by atoms with van der Waals surface area (Å²) in [6.07, 6.45) is 2.74. The van der Waals surface area contributed by atoms with Crippen molar-refractivity contribution in [3.63, 3.8) is 0 Å². The maximum Gasteiger partial charge on any atom is 0.271 e. The second kappa shape index (κ2) is 7.41. The van der Waals surface area contributed by atoms with Crippen molar-refractivity contribution in [3.05, 3.63) is 51.8 Å². The molecule has 4 nitrogen and oxygen atoms in total. The number of hydrogen-bond donors (Lipinski definition) is 2. The minimum Gasteiger partial charge on any atom is -0.348 e. The number of aromatic nitrogens is 2. The second-order valence-electron chi connectivity index (χ2n) is 5.23. The molecular weight excluding hydrogens is 330 g/mol. The van der Waals surface area contributed by atoms with Gasteiger partial charge in [0.2, 0.25) is 0 Å². The van der Waals surface area contributed by atoms with Crippen LogP contribution in [0, 0.1) is 0 Å². The minimum absolute atomic E-state index is 0.0602. The van der Waals surface area contributed by atoms with Crippen LogP contribution in [0.4, 0.5) is 0 Å². The molecule has 2 aromatic rings. The van der Waals surface area contributed by atoms with Gasteiger partial charge in [0.05, 0.1) is 0 Å². The lowest BCUT2D eigenvalue weighted by Crippen LogP contribution is -2.34. The average Bonchev–Trinajstić information content (AvgIpc) is 2.90. The van der Waals surface area contributed by atoms with Gasteiger partial charge >= 0.3 is 0 Å². The molecule has 1 heterocycles. The molecule has 21 heavy (non-hydrogen) atoms. The zero-order valence-corrected chi connectivity index (χ0v) is 13.9. The predicted molar refractivity (Wildman–Crippen MR) is 87.4 cm³/mol. The molecule has 2 N–H and O–H groups in total. The lowest BCUT2D eigenvalue weighted by molar-refractivity contribution is 0.0935. The molecule has 0 aliphatic rings. The Kier molecular flexibility index (Phi) is 5.56. The standard InChI is InChI=1S/C16H20BrN3O/c1-3-4-14-10-15(20-19-14)16(21)18-11(2)9-12-5-7-13(17)8-6-12/h5-8,10-11H,3-4,9H2,1-2H3,(H,18,21)(H,19,20). The van der Waals surface area contributed by atoms with Gasteiger partial charge in [-0.3, -0.25) is 9.89 Å². The maximum atomic E-state index is 12.1. The second-order valence-corrected chi connectivity index (χ2v) is 6.15. The lowest BCUT2D eigenvalue weighted by Gasteiger charge is -2.13. The van der Waals surface area contributed by atoms with Gasteiger partial charge in [-0.1, -0.05) is 41.4 Å². The number of halogens is 1. The van der Waals surface area contributed by atoms with Crippen molar-refractivity contribution < 1.29 is 4.79 Å². The summed E-state index contributed by atoms with van der Waals surface area (Å²) in [5, 5.41) is 9.95. The molecule has 0 spiro atoms. The highest BCUT2D eigenvalue weighted by molar-refractivity contribution is 9.10. The van der Waals surface area contributed by atoms with Crippen molar-refractivity contribution in [1.29, 1.82) is 0 Å². The highest BCUT2D eigenvalue weighted by Crippen LogP contribution is 2.12. The van der Waals surface area contributed by atoms with Crippen molar-refractivity contribution in [2.45, 2.75) is 39.2 Å². The van der Waals surface area contributed by atoms with Crippen LogP contribution in [0.25, 0.3) is 0 Å². The van der Waals surface area contributed by atoms with Crippen molar-refractivity contribution in [3.8, 4) is 0 Å². The number of nitrogens with zero attached hydrogens (tertiary/aromatic N) is 1. The van der Waals surface area contributed by atoms with E-state index < -0.39 is 0 Å². The summed E-state index contributed by atoms with van der Waals surface area (Å²) in [4.78, 5) is 12.1. The molecule has 1 aromatic carbocycles. The van der Waals surface area contributed by atoms with E-state index in [1.807, 2.05) is 25.1 Å². The molecule has 0 aliphatic heterocycles. The number of carbonyl (C=O) groups excluding carboxylic acids is 1. The molecule has 1 aromatic heterocycles. The number of nitrogens with one attached hydrogen (secondary N) is 2. The molecule has 0 saturated carbocycles. The van der Waals surface area contributed by atoms with E-state index in [1.165, 1.54) is 5.56 Å². The Labute approximate surface area is 133 Å². The SMILES string of the molecule is CCCc1cc(C(=O)NC(C)Cc2ccc(Br)cc2)n[nH]1. The van der Waals surface area contributed by atoms with E-state index in [1.54, 1.807) is 0 Å². The molecule has 1 unspecified atom stereocenters. The Morgan fingerprint density at radius 1 is 1.38 bits per heavy atom. The maximum absolute atomic E-state index is 12.1. The topological polar surface area (TPSA) is 57.8 Å². The van der Waals surface area contributed by atoms with E-state index in [0.29, 0.717) is 5.69 Å². The van der Waals surface area contributed by atoms with E-state index in [4.69, 9.17) is 0 Å². The van der Waals surface area contributed by atoms with Gasteiger partial charge in [-0.05, 0) is 43.5 Å². The van der Waals surface area contributed by atoms with Gasteiger partial charge in [0.25, 0.3) is 5.91 Å². The van der Waals surface area contributed by atoms with Crippen LogP contribution < -0.4 is 5.32 Å². The Balaban J connectivity index is 1.90. The van der Waals surface area contributed by atoms with Crippen LogP contribution in [0.3, 0.4) is 0 Å². The quantitative estimate of drug-likeness (QED) is 0.838. The first kappa shape index (κ1) is 15.8. The van der Waals surface area contributed by atoms with Crippen molar-refractivity contribution >= 4 is 21.8 Å². The summed E-state index contributed by atoms with van der Waals surface area (Å²) >= 11 is 3.42. The third kappa shape index (κ3) is 4.70. The molecule has 1 amide bonds. The Bertz CT molecular complexity index is 592. The molecule has 2 rings (SSSR count). The van der Waals surface area contributed by atoms with Gasteiger partial charge in [-0.2, -0.15) is 5.10 Å². The monoisotopic (exact) mass is 349 g/mol. The van der Waals surface area contributed by atoms with Crippen molar-refractivity contribution in [2.75, 3.05) is 0 Å². The fourth-order valence-electron chi connectivity index (χ4n) is 2.20. The molecule has 0 bridgehead atoms. The van der Waals surface area contributed by atoms with Crippen LogP contribution in [-0.4, -0.2) is 22.1 Å². The number of hydrogen-bond acceptors (Lipinski definition) is 2. The van der Waals surface area contributed by atoms with Crippen LogP contribution in [0.15, 0.2) is 34.8 Å². The minimum atomic E-state index is -0.127. The largest absolute Gasteiger partial charge is 0.348 e. The number of aryl methyl sites for hydroxylation is 1. The number of amides is 1. The zero-order chi connectivity index (χ0) is 15.2. The molecule has 5 heteroatoms. The summed E-state index contributed by atoms with van der Waals surface area (Å²) in [7, 11) is 0. The fourth-order valence-corrected chi connectivity index (χ4v) is 2.46. The smallest absolute Gasteiger partial charge is 0.271 e. The van der Waals surface area contributed by atoms with Crippen LogP contribution in [0.5, 0.6) is 0 Å². The number of H-pyrrole nitrogens is 1. The van der Waals surface area contributed by atoms with Gasteiger partial charge in [-0.15, -0.1) is 0 Å². The molecule has 0 saturated heterocycles. The van der Waals surface area contributed by atoms with Gasteiger partial charge in [-0.25, -0.2) is 0 Å². The van der Waals surface area contributed by atoms with E-state index in [2.05, 4.69) is 50.5 Å². The fraction of sp³-hybridized carbons (Fsp3) is 0.375. The Morgan fingerprint density at radius 3 is 2.76 bits per heavy atom. The van der Waals surface area contributed by atoms with Gasteiger partial charge in [0, 0.05) is 16.2 Å². The molecule has 112 valence electrons. The third-order valence-corrected chi connectivity index (χ3v) is 3.74. The molecular formula is C16H20BrN3O. The molecule has 0 aliphatic carbocycles. The summed E-state index contributed by atoms with van der Waals surface area (Å²) in [5.41, 5.74) is 2.66. The van der Waals surface area contributed by atoms with Crippen molar-refractivity contribution in [2.24, 2.45) is 0 Å². The summed E-state index contributed by atoms with van der Waals surface area (Å²) in [5.74, 6) is -0.127. The third-order valence-electron chi connectivity index (χ3n) is 3.22. The first-order valence-electron chi connectivity index (χ1n) is 7.18. The summed E-state index contributed by atoms with van der Waals surface area (Å²) in [6, 6.07) is 10.0. The molecule has 1 atom stereocenters. The Morgan fingerprint density at radius 2 is 2.10 bits per heavy atom. The van der Waals surface area contributed by atoms with Crippen LogP contribution in [0.1, 0.15) is 42.0 Å². The lowest BCUT2D eigenvalue weighted by atomic mass is 10.1. The first-order valence-corrected chi connectivity index (χ1v) is 7.97. The number of rotatable bonds is 6. The zero-order valence-electron chi connectivity index (χ0n) is 12.3. The van der Waals surface area contributed by atoms with Gasteiger partial charge < -0.3 is 5.32 Å². The molecule has 0 fully saturated rings. The number of benzene rings is 1.